The third-order valence-corrected chi connectivity index (χ3v) is 4.15. The fourth-order valence-corrected chi connectivity index (χ4v) is 2.92. The molecule has 0 fully saturated rings. The van der Waals surface area contributed by atoms with Gasteiger partial charge in [0.2, 0.25) is 0 Å². The van der Waals surface area contributed by atoms with Gasteiger partial charge in [0.15, 0.2) is 0 Å². The van der Waals surface area contributed by atoms with Crippen molar-refractivity contribution in [1.29, 1.82) is 0 Å². The third kappa shape index (κ3) is 5.05. The van der Waals surface area contributed by atoms with Gasteiger partial charge >= 0.3 is 10.2 Å². The molecule has 0 aliphatic carbocycles. The predicted octanol–water partition coefficient (Wildman–Crippen LogP) is 6.32. The van der Waals surface area contributed by atoms with Crippen LogP contribution in [-0.2, 0) is 12.8 Å². The van der Waals surface area contributed by atoms with E-state index in [0.717, 1.165) is 0 Å². The molecule has 0 heterocycles. The molecular formula is C14H22F5NS. The van der Waals surface area contributed by atoms with Crippen LogP contribution in [0.5, 0.6) is 0 Å². The summed E-state index contributed by atoms with van der Waals surface area (Å²) in [6.07, 6.45) is 0.469. The number of nitrogens with two attached hydrogens (primary N) is 1. The molecular weight excluding hydrogens is 309 g/mol. The van der Waals surface area contributed by atoms with E-state index in [9.17, 15) is 19.4 Å². The van der Waals surface area contributed by atoms with Crippen LogP contribution in [0.1, 0.15) is 38.8 Å². The SMILES string of the molecule is CC(C)Cc1cc(S(F)(F)(F)(F)F)cc(CC(C)C)c1N. The zero-order valence-electron chi connectivity index (χ0n) is 12.6. The molecule has 1 nitrogen and oxygen atoms in total. The fourth-order valence-electron chi connectivity index (χ4n) is 2.19. The molecule has 0 aliphatic heterocycles. The van der Waals surface area contributed by atoms with Crippen molar-refractivity contribution in [3.05, 3.63) is 23.3 Å². The zero-order chi connectivity index (χ0) is 16.7. The van der Waals surface area contributed by atoms with E-state index < -0.39 is 15.1 Å². The van der Waals surface area contributed by atoms with Crippen molar-refractivity contribution in [3.63, 3.8) is 0 Å². The van der Waals surface area contributed by atoms with Gasteiger partial charge in [0.1, 0.15) is 4.90 Å². The second-order valence-corrected chi connectivity index (χ2v) is 8.73. The predicted molar refractivity (Wildman–Crippen MR) is 79.3 cm³/mol. The van der Waals surface area contributed by atoms with Crippen LogP contribution < -0.4 is 5.73 Å². The van der Waals surface area contributed by atoms with Gasteiger partial charge in [0.25, 0.3) is 0 Å². The van der Waals surface area contributed by atoms with Crippen molar-refractivity contribution >= 4 is 15.9 Å². The van der Waals surface area contributed by atoms with Crippen LogP contribution in [0.3, 0.4) is 0 Å². The molecule has 1 aromatic rings. The Balaban J connectivity index is 3.55. The van der Waals surface area contributed by atoms with Gasteiger partial charge in [-0.05, 0) is 47.9 Å². The minimum absolute atomic E-state index is 0.0213. The quantitative estimate of drug-likeness (QED) is 0.495. The highest BCUT2D eigenvalue weighted by molar-refractivity contribution is 8.45. The summed E-state index contributed by atoms with van der Waals surface area (Å²) in [5, 5.41) is 0. The number of nitrogen functional groups attached to an aromatic ring is 1. The molecule has 7 heteroatoms. The average molecular weight is 331 g/mol. The Morgan fingerprint density at radius 3 is 1.43 bits per heavy atom. The highest BCUT2D eigenvalue weighted by atomic mass is 32.5. The normalized spacial score (nSPS) is 16.1. The van der Waals surface area contributed by atoms with Gasteiger partial charge in [-0.1, -0.05) is 47.1 Å². The van der Waals surface area contributed by atoms with E-state index in [0.29, 0.717) is 12.1 Å². The van der Waals surface area contributed by atoms with E-state index in [4.69, 9.17) is 5.73 Å². The first-order chi connectivity index (χ1) is 9.10. The van der Waals surface area contributed by atoms with E-state index in [1.54, 1.807) is 27.7 Å². The molecule has 124 valence electrons. The Morgan fingerprint density at radius 2 is 1.19 bits per heavy atom. The lowest BCUT2D eigenvalue weighted by atomic mass is 9.94. The summed E-state index contributed by atoms with van der Waals surface area (Å²) < 4.78 is 65.4. The highest BCUT2D eigenvalue weighted by Crippen LogP contribution is 3.02. The molecule has 0 atom stereocenters. The first kappa shape index (κ1) is 18.1. The molecule has 1 rings (SSSR count). The zero-order valence-corrected chi connectivity index (χ0v) is 13.4. The molecule has 1 aromatic carbocycles. The van der Waals surface area contributed by atoms with Crippen LogP contribution in [0.15, 0.2) is 17.0 Å². The van der Waals surface area contributed by atoms with Crippen LogP contribution in [0.2, 0.25) is 0 Å². The summed E-state index contributed by atoms with van der Waals surface area (Å²) in [7, 11) is -9.69. The smallest absolute Gasteiger partial charge is 0.310 e. The minimum atomic E-state index is -9.69. The standard InChI is InChI=1S/C14H22F5NS/c1-9(2)5-11-7-13(21(15,16,17,18)19)8-12(14(11)20)6-10(3)4/h7-10H,5-6,20H2,1-4H3. The summed E-state index contributed by atoms with van der Waals surface area (Å²) in [5.41, 5.74) is 6.37. The highest BCUT2D eigenvalue weighted by Gasteiger charge is 2.65. The average Bonchev–Trinajstić information content (AvgIpc) is 2.18. The number of hydrogen-bond acceptors (Lipinski definition) is 1. The largest absolute Gasteiger partial charge is 0.398 e. The van der Waals surface area contributed by atoms with Crippen molar-refractivity contribution in [2.75, 3.05) is 5.73 Å². The maximum atomic E-state index is 13.1. The molecule has 0 amide bonds. The molecule has 0 bridgehead atoms. The van der Waals surface area contributed by atoms with Crippen molar-refractivity contribution in [2.24, 2.45) is 11.8 Å². The van der Waals surface area contributed by atoms with Crippen LogP contribution in [0, 0.1) is 11.8 Å². The Bertz CT molecular complexity index is 503. The lowest BCUT2D eigenvalue weighted by Crippen LogP contribution is -2.12. The van der Waals surface area contributed by atoms with Gasteiger partial charge in [-0.2, -0.15) is 0 Å². The number of benzene rings is 1. The van der Waals surface area contributed by atoms with Crippen LogP contribution in [0.25, 0.3) is 0 Å². The van der Waals surface area contributed by atoms with Gasteiger partial charge in [0.05, 0.1) is 0 Å². The minimum Gasteiger partial charge on any atom is -0.398 e. The number of hydrogen-bond donors (Lipinski definition) is 1. The summed E-state index contributed by atoms with van der Waals surface area (Å²) >= 11 is 0. The maximum absolute atomic E-state index is 13.1. The molecule has 21 heavy (non-hydrogen) atoms. The van der Waals surface area contributed by atoms with E-state index >= 15 is 0 Å². The van der Waals surface area contributed by atoms with E-state index in [1.807, 2.05) is 0 Å². The second kappa shape index (κ2) is 4.76. The van der Waals surface area contributed by atoms with Crippen molar-refractivity contribution in [1.82, 2.24) is 0 Å². The Hall–Kier alpha value is -0.980. The number of halogens is 5. The Morgan fingerprint density at radius 1 is 0.857 bits per heavy atom. The van der Waals surface area contributed by atoms with Gasteiger partial charge in [-0.3, -0.25) is 0 Å². The molecule has 0 saturated heterocycles. The topological polar surface area (TPSA) is 26.0 Å². The van der Waals surface area contributed by atoms with Crippen LogP contribution >= 0.6 is 10.2 Å². The first-order valence-corrected chi connectivity index (χ1v) is 8.70. The van der Waals surface area contributed by atoms with Gasteiger partial charge in [-0.15, -0.1) is 0 Å². The first-order valence-electron chi connectivity index (χ1n) is 6.75. The summed E-state index contributed by atoms with van der Waals surface area (Å²) in [4.78, 5) is -1.84. The van der Waals surface area contributed by atoms with Crippen molar-refractivity contribution < 1.29 is 19.4 Å². The van der Waals surface area contributed by atoms with E-state index in [2.05, 4.69) is 0 Å². The summed E-state index contributed by atoms with van der Waals surface area (Å²) in [6.45, 7) is 7.20. The Labute approximate surface area is 122 Å². The molecule has 0 aliphatic rings. The second-order valence-electron chi connectivity index (χ2n) is 6.32. The monoisotopic (exact) mass is 331 g/mol. The fraction of sp³-hybridized carbons (Fsp3) is 0.571. The molecule has 0 saturated carbocycles. The summed E-state index contributed by atoms with van der Waals surface area (Å²) in [5.74, 6) is 0.0425. The maximum Gasteiger partial charge on any atom is 0.310 e. The number of anilines is 1. The molecule has 0 spiro atoms. The van der Waals surface area contributed by atoms with Crippen LogP contribution in [0.4, 0.5) is 25.1 Å². The lowest BCUT2D eigenvalue weighted by molar-refractivity contribution is 0.363. The van der Waals surface area contributed by atoms with Crippen molar-refractivity contribution in [2.45, 2.75) is 45.4 Å². The summed E-state index contributed by atoms with van der Waals surface area (Å²) in [6, 6.07) is 1.03. The number of rotatable bonds is 5. The van der Waals surface area contributed by atoms with E-state index in [-0.39, 0.29) is 41.5 Å². The lowest BCUT2D eigenvalue weighted by Gasteiger charge is -2.41. The molecule has 2 N–H and O–H groups in total. The molecule has 0 radical (unpaired) electrons. The third-order valence-electron chi connectivity index (χ3n) is 3.03. The molecule has 0 aromatic heterocycles. The Kier molecular flexibility index (Phi) is 4.10. The van der Waals surface area contributed by atoms with Crippen molar-refractivity contribution in [3.8, 4) is 0 Å². The van der Waals surface area contributed by atoms with Gasteiger partial charge in [-0.25, -0.2) is 0 Å². The molecule has 0 unspecified atom stereocenters. The van der Waals surface area contributed by atoms with Gasteiger partial charge < -0.3 is 5.73 Å². The van der Waals surface area contributed by atoms with E-state index in [1.165, 1.54) is 0 Å². The van der Waals surface area contributed by atoms with Gasteiger partial charge in [0, 0.05) is 5.69 Å². The van der Waals surface area contributed by atoms with Crippen LogP contribution in [-0.4, -0.2) is 0 Å².